The van der Waals surface area contributed by atoms with Gasteiger partial charge in [0.1, 0.15) is 35.1 Å². The van der Waals surface area contributed by atoms with E-state index in [1.54, 1.807) is 62.8 Å². The summed E-state index contributed by atoms with van der Waals surface area (Å²) in [5.74, 6) is 0.928. The topological polar surface area (TPSA) is 223 Å². The molecule has 0 aliphatic carbocycles. The second-order valence-electron chi connectivity index (χ2n) is 17.7. The first kappa shape index (κ1) is 53.6. The molecule has 5 aromatic carbocycles. The fraction of sp³-hybridized carbons (Fsp3) is 0.309. The van der Waals surface area contributed by atoms with Crippen LogP contribution in [-0.4, -0.2) is 101 Å². The lowest BCUT2D eigenvalue weighted by atomic mass is 9.80. The number of H-pyrrole nitrogens is 1. The number of fused-ring (bicyclic) bond motifs is 1. The number of aromatic amines is 1. The maximum Gasteiger partial charge on any atom is 0.412 e. The van der Waals surface area contributed by atoms with Crippen molar-refractivity contribution >= 4 is 43.3 Å². The highest BCUT2D eigenvalue weighted by atomic mass is 31.2. The van der Waals surface area contributed by atoms with E-state index in [9.17, 15) is 19.6 Å². The minimum atomic E-state index is -2.03. The molecular weight excluding hydrogens is 980 g/mol. The number of nitrogens with one attached hydrogen (secondary N) is 3. The van der Waals surface area contributed by atoms with Crippen molar-refractivity contribution in [3.8, 4) is 23.3 Å². The molecule has 3 heterocycles. The quantitative estimate of drug-likeness (QED) is 0.0308. The highest BCUT2D eigenvalue weighted by molar-refractivity contribution is 7.44. The summed E-state index contributed by atoms with van der Waals surface area (Å²) < 4.78 is 55.0. The SMILES string of the molecule is COc1ccc(C(OC[C@H]2O[C@@H](n3cnc4c(=O)[nH]c(NC(=O)COc5ccccc5)nc43)[C@H](OC(=O)Nc3ccccc3)[C@@H]2OP(OCCC#N)N(C(C)C)C(C)C)(c2ccccc2)c2ccc(OC)cc2)cc1. The number of amides is 2. The van der Waals surface area contributed by atoms with Crippen LogP contribution in [0.15, 0.2) is 151 Å². The molecule has 75 heavy (non-hydrogen) atoms. The van der Waals surface area contributed by atoms with Crippen molar-refractivity contribution in [2.45, 2.75) is 76.3 Å². The summed E-state index contributed by atoms with van der Waals surface area (Å²) in [4.78, 5) is 52.9. The number of hydrogen-bond donors (Lipinski definition) is 3. The van der Waals surface area contributed by atoms with E-state index >= 15 is 0 Å². The number of anilines is 2. The van der Waals surface area contributed by atoms with Crippen LogP contribution in [0, 0.1) is 11.3 Å². The number of aromatic nitrogens is 4. The van der Waals surface area contributed by atoms with Crippen LogP contribution in [-0.2, 0) is 33.7 Å². The van der Waals surface area contributed by atoms with Crippen LogP contribution in [0.2, 0.25) is 0 Å². The average Bonchev–Trinajstić information content (AvgIpc) is 4.00. The van der Waals surface area contributed by atoms with Crippen molar-refractivity contribution in [2.24, 2.45) is 0 Å². The molecule has 8 rings (SSSR count). The molecule has 3 N–H and O–H groups in total. The highest BCUT2D eigenvalue weighted by Gasteiger charge is 2.53. The van der Waals surface area contributed by atoms with Crippen molar-refractivity contribution in [3.63, 3.8) is 0 Å². The monoisotopic (exact) mass is 1040 g/mol. The summed E-state index contributed by atoms with van der Waals surface area (Å²) in [6.45, 7) is 7.45. The molecule has 390 valence electrons. The third-order valence-electron chi connectivity index (χ3n) is 12.1. The largest absolute Gasteiger partial charge is 0.497 e. The van der Waals surface area contributed by atoms with Crippen LogP contribution in [0.3, 0.4) is 0 Å². The predicted octanol–water partition coefficient (Wildman–Crippen LogP) is 9.34. The van der Waals surface area contributed by atoms with Crippen molar-refractivity contribution in [3.05, 3.63) is 173 Å². The Kier molecular flexibility index (Phi) is 17.9. The van der Waals surface area contributed by atoms with Crippen LogP contribution >= 0.6 is 8.53 Å². The van der Waals surface area contributed by atoms with E-state index in [0.717, 1.165) is 16.7 Å². The number of ether oxygens (including phenoxy) is 6. The van der Waals surface area contributed by atoms with Gasteiger partial charge < -0.3 is 37.5 Å². The molecule has 5 atom stereocenters. The molecule has 1 fully saturated rings. The Morgan fingerprint density at radius 2 is 1.39 bits per heavy atom. The zero-order valence-corrected chi connectivity index (χ0v) is 43.2. The van der Waals surface area contributed by atoms with Crippen molar-refractivity contribution in [1.82, 2.24) is 24.2 Å². The number of nitriles is 1. The summed E-state index contributed by atoms with van der Waals surface area (Å²) in [6.07, 6.45) is -4.39. The first-order chi connectivity index (χ1) is 36.4. The van der Waals surface area contributed by atoms with Gasteiger partial charge in [0.2, 0.25) is 5.95 Å². The lowest BCUT2D eigenvalue weighted by Gasteiger charge is -2.39. The Hall–Kier alpha value is -7.69. The minimum absolute atomic E-state index is 0.0194. The third kappa shape index (κ3) is 12.6. The lowest BCUT2D eigenvalue weighted by molar-refractivity contribution is -0.118. The number of carbonyl (C=O) groups excluding carboxylic acids is 2. The number of rotatable bonds is 23. The van der Waals surface area contributed by atoms with Gasteiger partial charge in [0.05, 0.1) is 46.3 Å². The van der Waals surface area contributed by atoms with Crippen LogP contribution < -0.4 is 30.4 Å². The molecule has 2 amide bonds. The Balaban J connectivity index is 1.26. The normalized spacial score (nSPS) is 16.9. The number of para-hydroxylation sites is 2. The van der Waals surface area contributed by atoms with Gasteiger partial charge in [0.15, 0.2) is 30.1 Å². The second-order valence-corrected chi connectivity index (χ2v) is 19.2. The Morgan fingerprint density at radius 3 is 1.97 bits per heavy atom. The number of imidazole rings is 1. The van der Waals surface area contributed by atoms with E-state index in [1.165, 1.54) is 10.9 Å². The van der Waals surface area contributed by atoms with Crippen molar-refractivity contribution < 1.29 is 47.1 Å². The molecule has 2 aromatic heterocycles. The van der Waals surface area contributed by atoms with E-state index in [1.807, 2.05) is 123 Å². The lowest BCUT2D eigenvalue weighted by Crippen LogP contribution is -2.43. The first-order valence-electron chi connectivity index (χ1n) is 24.3. The maximum atomic E-state index is 14.3. The van der Waals surface area contributed by atoms with E-state index in [2.05, 4.69) is 31.7 Å². The number of hydrogen-bond acceptors (Lipinski definition) is 15. The van der Waals surface area contributed by atoms with Gasteiger partial charge in [-0.2, -0.15) is 10.2 Å². The van der Waals surface area contributed by atoms with Gasteiger partial charge in [-0.3, -0.25) is 29.8 Å². The summed E-state index contributed by atoms with van der Waals surface area (Å²) in [5.41, 5.74) is 0.566. The van der Waals surface area contributed by atoms with Crippen LogP contribution in [0.4, 0.5) is 16.4 Å². The number of nitrogens with zero attached hydrogens (tertiary/aromatic N) is 5. The van der Waals surface area contributed by atoms with Gasteiger partial charge >= 0.3 is 6.09 Å². The van der Waals surface area contributed by atoms with Crippen molar-refractivity contribution in [2.75, 3.05) is 44.7 Å². The molecule has 0 saturated carbocycles. The van der Waals surface area contributed by atoms with E-state index in [-0.39, 0.29) is 55.4 Å². The summed E-state index contributed by atoms with van der Waals surface area (Å²) in [5, 5.41) is 15.1. The van der Waals surface area contributed by atoms with Gasteiger partial charge in [0, 0.05) is 17.8 Å². The highest BCUT2D eigenvalue weighted by Crippen LogP contribution is 2.51. The van der Waals surface area contributed by atoms with Gasteiger partial charge in [-0.1, -0.05) is 91.0 Å². The zero-order chi connectivity index (χ0) is 52.9. The Bertz CT molecular complexity index is 3010. The molecule has 7 aromatic rings. The van der Waals surface area contributed by atoms with Gasteiger partial charge in [-0.15, -0.1) is 0 Å². The zero-order valence-electron chi connectivity index (χ0n) is 42.3. The van der Waals surface area contributed by atoms with E-state index in [4.69, 9.17) is 37.5 Å². The third-order valence-corrected chi connectivity index (χ3v) is 14.3. The van der Waals surface area contributed by atoms with E-state index in [0.29, 0.717) is 22.9 Å². The smallest absolute Gasteiger partial charge is 0.412 e. The van der Waals surface area contributed by atoms with Crippen LogP contribution in [0.25, 0.3) is 11.2 Å². The molecule has 1 aliphatic rings. The van der Waals surface area contributed by atoms with Crippen LogP contribution in [0.1, 0.15) is 57.0 Å². The van der Waals surface area contributed by atoms with Crippen molar-refractivity contribution in [1.29, 1.82) is 5.26 Å². The Labute approximate surface area is 435 Å². The second kappa shape index (κ2) is 25.0. The molecule has 0 radical (unpaired) electrons. The number of carbonyl (C=O) groups is 2. The molecule has 19 nitrogen and oxygen atoms in total. The van der Waals surface area contributed by atoms with E-state index < -0.39 is 56.2 Å². The first-order valence-corrected chi connectivity index (χ1v) is 25.4. The van der Waals surface area contributed by atoms with Gasteiger partial charge in [-0.25, -0.2) is 14.4 Å². The molecule has 1 saturated heterocycles. The Morgan fingerprint density at radius 1 is 0.800 bits per heavy atom. The molecule has 1 unspecified atom stereocenters. The fourth-order valence-corrected chi connectivity index (χ4v) is 10.6. The average molecular weight is 1040 g/mol. The van der Waals surface area contributed by atoms with Gasteiger partial charge in [-0.05, 0) is 92.9 Å². The summed E-state index contributed by atoms with van der Waals surface area (Å²) >= 11 is 0. The molecule has 20 heteroatoms. The summed E-state index contributed by atoms with van der Waals surface area (Å²) in [6, 6.07) is 44.3. The number of methoxy groups -OCH3 is 2. The molecule has 1 aliphatic heterocycles. The minimum Gasteiger partial charge on any atom is -0.497 e. The predicted molar refractivity (Wildman–Crippen MR) is 281 cm³/mol. The number of benzene rings is 5. The summed E-state index contributed by atoms with van der Waals surface area (Å²) in [7, 11) is 1.16. The maximum absolute atomic E-state index is 14.3. The molecule has 0 spiro atoms. The molecular formula is C55H59N8O11P. The molecule has 0 bridgehead atoms. The fourth-order valence-electron chi connectivity index (χ4n) is 8.80. The standard InChI is InChI=1S/C55H59N8O11P/c1-36(2)63(37(3)4)75(71-32-16-31-56)74-48-45(33-70-55(38-17-10-7-11-18-38,39-23-27-42(67-5)28-24-39)40-25-29-43(68-6)30-26-40)72-52(49(48)73-54(66)58-41-19-12-8-13-20-41)62-35-57-47-50(62)60-53(61-51(47)65)59-46(64)34-69-44-21-14-9-15-22-44/h7-15,17-30,35-37,45,48-49,52H,16,32-34H2,1-6H3,(H,58,66)(H2,59,60,61,64,65)/t45-,48-,49-,52-,75?/m1/s1. The van der Waals surface area contributed by atoms with Crippen LogP contribution in [0.5, 0.6) is 17.2 Å². The van der Waals surface area contributed by atoms with Gasteiger partial charge in [0.25, 0.3) is 20.0 Å².